The highest BCUT2D eigenvalue weighted by Crippen LogP contribution is 2.11. The summed E-state index contributed by atoms with van der Waals surface area (Å²) in [6.07, 6.45) is 0. The van der Waals surface area contributed by atoms with E-state index in [2.05, 4.69) is 40.6 Å². The van der Waals surface area contributed by atoms with Gasteiger partial charge in [-0.1, -0.05) is 5.16 Å². The molecule has 0 aliphatic rings. The van der Waals surface area contributed by atoms with Crippen molar-refractivity contribution < 1.29 is 4.52 Å². The molecule has 0 unspecified atom stereocenters. The summed E-state index contributed by atoms with van der Waals surface area (Å²) in [5, 5.41) is 4.00. The van der Waals surface area contributed by atoms with Crippen molar-refractivity contribution in [3.8, 4) is 0 Å². The van der Waals surface area contributed by atoms with E-state index in [1.165, 1.54) is 5.69 Å². The molecule has 98 valence electrons. The van der Waals surface area contributed by atoms with Gasteiger partial charge in [-0.25, -0.2) is 4.98 Å². The smallest absolute Gasteiger partial charge is 0.133 e. The number of rotatable bonds is 4. The summed E-state index contributed by atoms with van der Waals surface area (Å²) in [5.74, 6) is 1.93. The summed E-state index contributed by atoms with van der Waals surface area (Å²) in [4.78, 5) is 6.75. The SMILES string of the molecule is Cc1cc(CN(C)Cc2nc(C)c(C)n2C)no1. The zero-order valence-electron chi connectivity index (χ0n) is 11.7. The predicted octanol–water partition coefficient (Wildman–Crippen LogP) is 1.97. The summed E-state index contributed by atoms with van der Waals surface area (Å²) < 4.78 is 7.20. The maximum absolute atomic E-state index is 5.07. The fourth-order valence-corrected chi connectivity index (χ4v) is 1.99. The van der Waals surface area contributed by atoms with Crippen LogP contribution in [0.4, 0.5) is 0 Å². The first-order valence-electron chi connectivity index (χ1n) is 6.07. The maximum Gasteiger partial charge on any atom is 0.133 e. The largest absolute Gasteiger partial charge is 0.361 e. The Labute approximate surface area is 107 Å². The summed E-state index contributed by atoms with van der Waals surface area (Å²) in [6, 6.07) is 1.96. The molecule has 0 fully saturated rings. The Hall–Kier alpha value is -1.62. The molecule has 5 nitrogen and oxygen atoms in total. The molecule has 0 bridgehead atoms. The van der Waals surface area contributed by atoms with E-state index in [-0.39, 0.29) is 0 Å². The molecule has 2 aromatic rings. The predicted molar refractivity (Wildman–Crippen MR) is 69.1 cm³/mol. The van der Waals surface area contributed by atoms with Gasteiger partial charge in [0.05, 0.1) is 17.9 Å². The highest BCUT2D eigenvalue weighted by atomic mass is 16.5. The Bertz CT molecular complexity index is 541. The third-order valence-corrected chi connectivity index (χ3v) is 3.23. The van der Waals surface area contributed by atoms with Gasteiger partial charge in [-0.3, -0.25) is 4.90 Å². The van der Waals surface area contributed by atoms with E-state index in [1.807, 2.05) is 19.9 Å². The lowest BCUT2D eigenvalue weighted by atomic mass is 10.3. The molecule has 0 atom stereocenters. The van der Waals surface area contributed by atoms with Crippen LogP contribution >= 0.6 is 0 Å². The minimum Gasteiger partial charge on any atom is -0.361 e. The van der Waals surface area contributed by atoms with E-state index in [9.17, 15) is 0 Å². The van der Waals surface area contributed by atoms with Crippen LogP contribution in [0.1, 0.15) is 28.7 Å². The Morgan fingerprint density at radius 1 is 1.28 bits per heavy atom. The van der Waals surface area contributed by atoms with Gasteiger partial charge >= 0.3 is 0 Å². The number of imidazole rings is 1. The molecule has 2 heterocycles. The fourth-order valence-electron chi connectivity index (χ4n) is 1.99. The second-order valence-corrected chi connectivity index (χ2v) is 4.86. The molecule has 0 aromatic carbocycles. The average Bonchev–Trinajstić information content (AvgIpc) is 2.80. The van der Waals surface area contributed by atoms with Crippen molar-refractivity contribution in [1.29, 1.82) is 0 Å². The number of hydrogen-bond donors (Lipinski definition) is 0. The quantitative estimate of drug-likeness (QED) is 0.830. The van der Waals surface area contributed by atoms with Gasteiger partial charge < -0.3 is 9.09 Å². The lowest BCUT2D eigenvalue weighted by molar-refractivity contribution is 0.292. The molecule has 0 radical (unpaired) electrons. The van der Waals surface area contributed by atoms with Crippen LogP contribution in [0.15, 0.2) is 10.6 Å². The summed E-state index contributed by atoms with van der Waals surface area (Å²) in [5.41, 5.74) is 3.27. The Balaban J connectivity index is 2.02. The first-order chi connectivity index (χ1) is 8.47. The minimum atomic E-state index is 0.766. The Morgan fingerprint density at radius 2 is 2.00 bits per heavy atom. The molecule has 2 rings (SSSR count). The molecule has 0 spiro atoms. The van der Waals surface area contributed by atoms with Gasteiger partial charge in [-0.15, -0.1) is 0 Å². The molecule has 0 aliphatic carbocycles. The van der Waals surface area contributed by atoms with Gasteiger partial charge in [0.25, 0.3) is 0 Å². The molecular formula is C13H20N4O. The van der Waals surface area contributed by atoms with Crippen molar-refractivity contribution in [1.82, 2.24) is 19.6 Å². The van der Waals surface area contributed by atoms with Gasteiger partial charge in [-0.2, -0.15) is 0 Å². The molecule has 0 amide bonds. The molecule has 5 heteroatoms. The standard InChI is InChI=1S/C13H20N4O/c1-9-6-12(15-18-9)7-16(4)8-13-14-10(2)11(3)17(13)5/h6H,7-8H2,1-5H3. The van der Waals surface area contributed by atoms with Crippen LogP contribution in [0.25, 0.3) is 0 Å². The second-order valence-electron chi connectivity index (χ2n) is 4.86. The van der Waals surface area contributed by atoms with Crippen LogP contribution in [0.3, 0.4) is 0 Å². The van der Waals surface area contributed by atoms with Crippen molar-refractivity contribution in [2.75, 3.05) is 7.05 Å². The zero-order valence-corrected chi connectivity index (χ0v) is 11.7. The molecular weight excluding hydrogens is 228 g/mol. The van der Waals surface area contributed by atoms with Crippen LogP contribution in [-0.2, 0) is 20.1 Å². The van der Waals surface area contributed by atoms with Gasteiger partial charge in [0, 0.05) is 25.4 Å². The molecule has 0 saturated heterocycles. The van der Waals surface area contributed by atoms with Crippen LogP contribution in [0.2, 0.25) is 0 Å². The zero-order chi connectivity index (χ0) is 13.3. The first-order valence-corrected chi connectivity index (χ1v) is 6.07. The van der Waals surface area contributed by atoms with Crippen LogP contribution in [0.5, 0.6) is 0 Å². The van der Waals surface area contributed by atoms with E-state index < -0.39 is 0 Å². The second kappa shape index (κ2) is 4.94. The third-order valence-electron chi connectivity index (χ3n) is 3.23. The molecule has 0 N–H and O–H groups in total. The fraction of sp³-hybridized carbons (Fsp3) is 0.538. The van der Waals surface area contributed by atoms with Crippen molar-refractivity contribution in [3.05, 3.63) is 34.7 Å². The van der Waals surface area contributed by atoms with E-state index in [4.69, 9.17) is 4.52 Å². The molecule has 0 saturated carbocycles. The topological polar surface area (TPSA) is 47.1 Å². The minimum absolute atomic E-state index is 0.766. The van der Waals surface area contributed by atoms with Crippen LogP contribution in [0, 0.1) is 20.8 Å². The van der Waals surface area contributed by atoms with Crippen molar-refractivity contribution in [2.24, 2.45) is 7.05 Å². The molecule has 0 aliphatic heterocycles. The first kappa shape index (κ1) is 12.8. The molecule has 2 aromatic heterocycles. The number of nitrogens with zero attached hydrogens (tertiary/aromatic N) is 4. The van der Waals surface area contributed by atoms with E-state index in [0.717, 1.165) is 36.1 Å². The summed E-state index contributed by atoms with van der Waals surface area (Å²) in [7, 11) is 4.11. The van der Waals surface area contributed by atoms with Gasteiger partial charge in [-0.05, 0) is 27.8 Å². The third kappa shape index (κ3) is 2.61. The maximum atomic E-state index is 5.07. The average molecular weight is 248 g/mol. The number of aromatic nitrogens is 3. The molecule has 18 heavy (non-hydrogen) atoms. The van der Waals surface area contributed by atoms with Crippen LogP contribution in [-0.4, -0.2) is 26.7 Å². The number of aryl methyl sites for hydroxylation is 2. The lowest BCUT2D eigenvalue weighted by Gasteiger charge is -2.14. The summed E-state index contributed by atoms with van der Waals surface area (Å²) in [6.45, 7) is 7.61. The highest BCUT2D eigenvalue weighted by molar-refractivity contribution is 5.13. The van der Waals surface area contributed by atoms with Gasteiger partial charge in [0.15, 0.2) is 0 Å². The number of hydrogen-bond acceptors (Lipinski definition) is 4. The monoisotopic (exact) mass is 248 g/mol. The van der Waals surface area contributed by atoms with Crippen molar-refractivity contribution in [2.45, 2.75) is 33.9 Å². The van der Waals surface area contributed by atoms with Crippen molar-refractivity contribution >= 4 is 0 Å². The van der Waals surface area contributed by atoms with Crippen molar-refractivity contribution in [3.63, 3.8) is 0 Å². The van der Waals surface area contributed by atoms with Gasteiger partial charge in [0.1, 0.15) is 11.6 Å². The van der Waals surface area contributed by atoms with E-state index in [0.29, 0.717) is 0 Å². The normalized spacial score (nSPS) is 11.4. The Morgan fingerprint density at radius 3 is 2.50 bits per heavy atom. The highest BCUT2D eigenvalue weighted by Gasteiger charge is 2.11. The van der Waals surface area contributed by atoms with Gasteiger partial charge in [0.2, 0.25) is 0 Å². The van der Waals surface area contributed by atoms with E-state index >= 15 is 0 Å². The Kier molecular flexibility index (Phi) is 3.52. The lowest BCUT2D eigenvalue weighted by Crippen LogP contribution is -2.19. The summed E-state index contributed by atoms with van der Waals surface area (Å²) >= 11 is 0. The van der Waals surface area contributed by atoms with Crippen LogP contribution < -0.4 is 0 Å². The van der Waals surface area contributed by atoms with E-state index in [1.54, 1.807) is 0 Å².